The van der Waals surface area contributed by atoms with Crippen LogP contribution in [0.25, 0.3) is 10.1 Å². The van der Waals surface area contributed by atoms with Crippen LogP contribution in [0.1, 0.15) is 0 Å². The first-order valence-corrected chi connectivity index (χ1v) is 10.4. The molecule has 11 heteroatoms. The Morgan fingerprint density at radius 3 is 2.83 bits per heavy atom. The number of fused-ring (bicyclic) bond motifs is 1. The smallest absolute Gasteiger partial charge is 0.334 e. The van der Waals surface area contributed by atoms with Crippen LogP contribution in [0.15, 0.2) is 38.5 Å². The van der Waals surface area contributed by atoms with Crippen LogP contribution in [-0.4, -0.2) is 26.5 Å². The monoisotopic (exact) mass is 447 g/mol. The highest BCUT2D eigenvalue weighted by molar-refractivity contribution is 9.11. The first-order valence-electron chi connectivity index (χ1n) is 6.39. The van der Waals surface area contributed by atoms with Crippen molar-refractivity contribution in [3.63, 3.8) is 0 Å². The molecule has 3 aromatic rings. The van der Waals surface area contributed by atoms with Crippen LogP contribution in [-0.2, 0) is 10.0 Å². The van der Waals surface area contributed by atoms with Crippen LogP contribution in [0.2, 0.25) is 0 Å². The number of carbonyl (C=O) groups excluding carboxylic acids is 1. The number of carbonyl (C=O) groups is 1. The number of nitrogens with zero attached hydrogens (tertiary/aromatic N) is 1. The number of halogens is 1. The quantitative estimate of drug-likeness (QED) is 0.635. The van der Waals surface area contributed by atoms with E-state index in [-0.39, 0.29) is 10.0 Å². The fourth-order valence-electron chi connectivity index (χ4n) is 1.93. The summed E-state index contributed by atoms with van der Waals surface area (Å²) in [6, 6.07) is 4.26. The van der Waals surface area contributed by atoms with Gasteiger partial charge in [-0.1, -0.05) is 11.3 Å². The van der Waals surface area contributed by atoms with Gasteiger partial charge in [0.1, 0.15) is 10.6 Å². The number of anilines is 1. The summed E-state index contributed by atoms with van der Waals surface area (Å²) >= 11 is 5.65. The van der Waals surface area contributed by atoms with Gasteiger partial charge in [-0.25, -0.2) is 22.9 Å². The van der Waals surface area contributed by atoms with Gasteiger partial charge in [-0.15, -0.1) is 11.3 Å². The number of sulfonamides is 1. The fraction of sp³-hybridized carbons (Fsp3) is 0.0769. The lowest BCUT2D eigenvalue weighted by Gasteiger charge is -2.07. The number of hydrogen-bond acceptors (Lipinski definition) is 7. The molecule has 1 aromatic carbocycles. The molecule has 0 radical (unpaired) electrons. The molecule has 7 nitrogen and oxygen atoms in total. The van der Waals surface area contributed by atoms with Gasteiger partial charge in [-0.3, -0.25) is 5.32 Å². The largest absolute Gasteiger partial charge is 0.497 e. The van der Waals surface area contributed by atoms with Gasteiger partial charge in [-0.05, 0) is 34.1 Å². The minimum Gasteiger partial charge on any atom is -0.497 e. The van der Waals surface area contributed by atoms with Crippen molar-refractivity contribution < 1.29 is 17.9 Å². The Bertz CT molecular complexity index is 1010. The van der Waals surface area contributed by atoms with Crippen molar-refractivity contribution >= 4 is 69.9 Å². The molecule has 3 rings (SSSR count). The second-order valence-corrected chi connectivity index (χ2v) is 9.46. The van der Waals surface area contributed by atoms with Crippen LogP contribution in [0.4, 0.5) is 9.93 Å². The summed E-state index contributed by atoms with van der Waals surface area (Å²) in [4.78, 5) is 15.9. The normalized spacial score (nSPS) is 11.4. The number of ether oxygens (including phenoxy) is 1. The van der Waals surface area contributed by atoms with E-state index in [9.17, 15) is 13.2 Å². The van der Waals surface area contributed by atoms with Gasteiger partial charge in [-0.2, -0.15) is 0 Å². The number of rotatable bonds is 4. The Morgan fingerprint density at radius 2 is 2.17 bits per heavy atom. The maximum atomic E-state index is 12.5. The Hall–Kier alpha value is -1.69. The van der Waals surface area contributed by atoms with Crippen LogP contribution in [0.3, 0.4) is 0 Å². The van der Waals surface area contributed by atoms with Gasteiger partial charge in [0.25, 0.3) is 10.0 Å². The predicted molar refractivity (Wildman–Crippen MR) is 97.5 cm³/mol. The molecule has 0 bridgehead atoms. The number of hydrogen-bond donors (Lipinski definition) is 2. The maximum absolute atomic E-state index is 12.5. The van der Waals surface area contributed by atoms with Gasteiger partial charge in [0.15, 0.2) is 5.13 Å². The fourth-order valence-corrected chi connectivity index (χ4v) is 5.42. The number of nitrogens with one attached hydrogen (secondary N) is 2. The van der Waals surface area contributed by atoms with E-state index < -0.39 is 16.1 Å². The summed E-state index contributed by atoms with van der Waals surface area (Å²) in [6.07, 6.45) is 1.51. The highest BCUT2D eigenvalue weighted by Crippen LogP contribution is 2.32. The Morgan fingerprint density at radius 1 is 1.38 bits per heavy atom. The molecule has 0 unspecified atom stereocenters. The second kappa shape index (κ2) is 6.67. The molecule has 0 saturated carbocycles. The SMILES string of the molecule is COc1ccc2scc(S(=O)(=O)NC(=O)Nc3ncc(Br)s3)c2c1. The molecule has 0 saturated heterocycles. The Labute approximate surface area is 153 Å². The first-order chi connectivity index (χ1) is 11.4. The average Bonchev–Trinajstić information content (AvgIpc) is 3.12. The van der Waals surface area contributed by atoms with Crippen LogP contribution in [0.5, 0.6) is 5.75 Å². The van der Waals surface area contributed by atoms with Gasteiger partial charge < -0.3 is 4.74 Å². The molecule has 0 aliphatic carbocycles. The van der Waals surface area contributed by atoms with E-state index in [1.807, 2.05) is 4.72 Å². The molecule has 24 heavy (non-hydrogen) atoms. The van der Waals surface area contributed by atoms with Crippen LogP contribution in [0, 0.1) is 0 Å². The molecular weight excluding hydrogens is 438 g/mol. The summed E-state index contributed by atoms with van der Waals surface area (Å²) in [5.41, 5.74) is 0. The molecule has 0 atom stereocenters. The minimum atomic E-state index is -4.02. The molecule has 0 fully saturated rings. The topological polar surface area (TPSA) is 97.4 Å². The van der Waals surface area contributed by atoms with Gasteiger partial charge in [0.2, 0.25) is 0 Å². The highest BCUT2D eigenvalue weighted by atomic mass is 79.9. The van der Waals surface area contributed by atoms with E-state index in [0.717, 1.165) is 8.49 Å². The summed E-state index contributed by atoms with van der Waals surface area (Å²) in [5.74, 6) is 0.537. The summed E-state index contributed by atoms with van der Waals surface area (Å²) in [7, 11) is -2.52. The summed E-state index contributed by atoms with van der Waals surface area (Å²) in [6.45, 7) is 0. The van der Waals surface area contributed by atoms with E-state index in [0.29, 0.717) is 11.1 Å². The molecule has 2 aromatic heterocycles. The summed E-state index contributed by atoms with van der Waals surface area (Å²) < 4.78 is 33.6. The lowest BCUT2D eigenvalue weighted by atomic mass is 10.2. The van der Waals surface area contributed by atoms with E-state index in [1.54, 1.807) is 18.2 Å². The van der Waals surface area contributed by atoms with Crippen molar-refractivity contribution in [2.24, 2.45) is 0 Å². The molecule has 2 heterocycles. The Kier molecular flexibility index (Phi) is 4.76. The number of benzene rings is 1. The maximum Gasteiger partial charge on any atom is 0.334 e. The highest BCUT2D eigenvalue weighted by Gasteiger charge is 2.22. The molecule has 2 amide bonds. The molecule has 0 aliphatic heterocycles. The van der Waals surface area contributed by atoms with E-state index in [4.69, 9.17) is 4.74 Å². The second-order valence-electron chi connectivity index (χ2n) is 4.49. The number of thiophene rings is 1. The van der Waals surface area contributed by atoms with Crippen molar-refractivity contribution in [1.29, 1.82) is 0 Å². The third-order valence-electron chi connectivity index (χ3n) is 2.96. The van der Waals surface area contributed by atoms with Gasteiger partial charge in [0.05, 0.1) is 17.1 Å². The number of amides is 2. The molecule has 0 aliphatic rings. The van der Waals surface area contributed by atoms with Crippen molar-refractivity contribution in [3.8, 4) is 5.75 Å². The standard InChI is InChI=1S/C13H10BrN3O4S3/c1-21-7-2-3-9-8(4-7)10(6-22-9)24(19,20)17-12(18)16-13-15-5-11(14)23-13/h2-6H,1H3,(H2,15,16,17,18). The molecule has 0 spiro atoms. The molecule has 126 valence electrons. The average molecular weight is 448 g/mol. The third-order valence-corrected chi connectivity index (χ3v) is 6.83. The van der Waals surface area contributed by atoms with E-state index in [1.165, 1.54) is 41.4 Å². The third kappa shape index (κ3) is 3.53. The molecular formula is C13H10BrN3O4S3. The number of thiazole rings is 1. The number of aromatic nitrogens is 1. The van der Waals surface area contributed by atoms with Gasteiger partial charge in [0, 0.05) is 15.5 Å². The zero-order valence-corrected chi connectivity index (χ0v) is 16.1. The van der Waals surface area contributed by atoms with Gasteiger partial charge >= 0.3 is 6.03 Å². The lowest BCUT2D eigenvalue weighted by molar-refractivity contribution is 0.256. The predicted octanol–water partition coefficient (Wildman–Crippen LogP) is 3.64. The van der Waals surface area contributed by atoms with E-state index >= 15 is 0 Å². The Balaban J connectivity index is 1.86. The van der Waals surface area contributed by atoms with Crippen LogP contribution >= 0.6 is 38.6 Å². The number of urea groups is 1. The number of methoxy groups -OCH3 is 1. The van der Waals surface area contributed by atoms with Crippen molar-refractivity contribution in [2.45, 2.75) is 4.90 Å². The lowest BCUT2D eigenvalue weighted by Crippen LogP contribution is -2.34. The minimum absolute atomic E-state index is 0.0249. The van der Waals surface area contributed by atoms with E-state index in [2.05, 4.69) is 26.2 Å². The van der Waals surface area contributed by atoms with Crippen LogP contribution < -0.4 is 14.8 Å². The first kappa shape index (κ1) is 17.1. The van der Waals surface area contributed by atoms with Crippen molar-refractivity contribution in [3.05, 3.63) is 33.6 Å². The van der Waals surface area contributed by atoms with Crippen molar-refractivity contribution in [1.82, 2.24) is 9.71 Å². The molecule has 2 N–H and O–H groups in total. The zero-order chi connectivity index (χ0) is 17.3. The van der Waals surface area contributed by atoms with Crippen molar-refractivity contribution in [2.75, 3.05) is 12.4 Å². The summed E-state index contributed by atoms with van der Waals surface area (Å²) in [5, 5.41) is 4.64. The zero-order valence-electron chi connectivity index (χ0n) is 12.1.